The van der Waals surface area contributed by atoms with E-state index in [0.717, 1.165) is 28.9 Å². The van der Waals surface area contributed by atoms with Crippen LogP contribution in [0.2, 0.25) is 0 Å². The number of aromatic nitrogens is 1. The smallest absolute Gasteiger partial charge is 0.319 e. The average molecular weight is 356 g/mol. The molecule has 7 nitrogen and oxygen atoms in total. The first-order chi connectivity index (χ1) is 12.1. The largest absolute Gasteiger partial charge is 0.325 e. The van der Waals surface area contributed by atoms with Crippen LogP contribution in [-0.2, 0) is 21.5 Å². The fraction of sp³-hybridized carbons (Fsp3) is 0.294. The molecule has 1 saturated heterocycles. The zero-order chi connectivity index (χ0) is 17.4. The van der Waals surface area contributed by atoms with Gasteiger partial charge in [-0.05, 0) is 30.4 Å². The molecule has 4 rings (SSSR count). The molecule has 2 aliphatic rings. The number of rotatable bonds is 3. The number of amides is 4. The van der Waals surface area contributed by atoms with Crippen LogP contribution in [0, 0.1) is 0 Å². The van der Waals surface area contributed by atoms with Crippen molar-refractivity contribution < 1.29 is 14.4 Å². The number of aryl methyl sites for hydroxylation is 1. The topological polar surface area (TPSA) is 91.4 Å². The number of benzene rings is 1. The SMILES string of the molecule is O=C(CN1C(=O)N[C@@]2(CCCc3ccccc32)C1=O)Nc1nccs1. The van der Waals surface area contributed by atoms with E-state index in [4.69, 9.17) is 0 Å². The summed E-state index contributed by atoms with van der Waals surface area (Å²) in [5, 5.41) is 7.60. The van der Waals surface area contributed by atoms with E-state index < -0.39 is 17.5 Å². The van der Waals surface area contributed by atoms with Crippen molar-refractivity contribution in [2.75, 3.05) is 11.9 Å². The minimum atomic E-state index is -1.05. The van der Waals surface area contributed by atoms with Crippen LogP contribution in [0.4, 0.5) is 9.93 Å². The molecule has 4 amide bonds. The van der Waals surface area contributed by atoms with E-state index in [1.807, 2.05) is 24.3 Å². The van der Waals surface area contributed by atoms with E-state index >= 15 is 0 Å². The van der Waals surface area contributed by atoms with Gasteiger partial charge in [0.25, 0.3) is 5.91 Å². The third kappa shape index (κ3) is 2.58. The van der Waals surface area contributed by atoms with Gasteiger partial charge < -0.3 is 10.6 Å². The number of urea groups is 1. The summed E-state index contributed by atoms with van der Waals surface area (Å²) in [6, 6.07) is 7.12. The predicted octanol–water partition coefficient (Wildman–Crippen LogP) is 1.87. The zero-order valence-corrected chi connectivity index (χ0v) is 14.1. The molecule has 0 radical (unpaired) electrons. The van der Waals surface area contributed by atoms with E-state index in [9.17, 15) is 14.4 Å². The first-order valence-electron chi connectivity index (χ1n) is 8.02. The molecule has 8 heteroatoms. The van der Waals surface area contributed by atoms with Crippen molar-refractivity contribution in [3.05, 3.63) is 47.0 Å². The van der Waals surface area contributed by atoms with Crippen molar-refractivity contribution in [3.8, 4) is 0 Å². The van der Waals surface area contributed by atoms with Gasteiger partial charge in [0.15, 0.2) is 5.13 Å². The third-order valence-corrected chi connectivity index (χ3v) is 5.32. The number of carbonyl (C=O) groups excluding carboxylic acids is 3. The normalized spacial score (nSPS) is 22.0. The number of carbonyl (C=O) groups is 3. The maximum absolute atomic E-state index is 13.0. The first-order valence-corrected chi connectivity index (χ1v) is 8.90. The highest BCUT2D eigenvalue weighted by Crippen LogP contribution is 2.39. The molecule has 25 heavy (non-hydrogen) atoms. The lowest BCUT2D eigenvalue weighted by Crippen LogP contribution is -2.47. The Bertz CT molecular complexity index is 851. The second-order valence-corrected chi connectivity index (χ2v) is 7.02. The Morgan fingerprint density at radius 3 is 3.00 bits per heavy atom. The molecule has 128 valence electrons. The molecule has 1 aliphatic carbocycles. The molecule has 1 fully saturated rings. The third-order valence-electron chi connectivity index (χ3n) is 4.63. The van der Waals surface area contributed by atoms with Crippen LogP contribution in [0.3, 0.4) is 0 Å². The van der Waals surface area contributed by atoms with E-state index in [1.54, 1.807) is 11.6 Å². The summed E-state index contributed by atoms with van der Waals surface area (Å²) in [6.45, 7) is -0.325. The molecule has 1 aliphatic heterocycles. The monoisotopic (exact) mass is 356 g/mol. The number of hydrogen-bond acceptors (Lipinski definition) is 5. The molecule has 1 aromatic heterocycles. The molecular formula is C17H16N4O3S. The number of hydrogen-bond donors (Lipinski definition) is 2. The van der Waals surface area contributed by atoms with Gasteiger partial charge in [-0.2, -0.15) is 0 Å². The first kappa shape index (κ1) is 15.8. The highest BCUT2D eigenvalue weighted by atomic mass is 32.1. The van der Waals surface area contributed by atoms with E-state index in [2.05, 4.69) is 15.6 Å². The van der Waals surface area contributed by atoms with Gasteiger partial charge in [0.05, 0.1) is 0 Å². The van der Waals surface area contributed by atoms with Crippen LogP contribution in [0.15, 0.2) is 35.8 Å². The van der Waals surface area contributed by atoms with Gasteiger partial charge in [0, 0.05) is 11.6 Å². The molecule has 2 heterocycles. The van der Waals surface area contributed by atoms with Gasteiger partial charge in [0.2, 0.25) is 5.91 Å². The number of thiazole rings is 1. The molecule has 1 atom stereocenters. The van der Waals surface area contributed by atoms with Gasteiger partial charge in [-0.15, -0.1) is 11.3 Å². The van der Waals surface area contributed by atoms with Crippen molar-refractivity contribution in [2.45, 2.75) is 24.8 Å². The predicted molar refractivity (Wildman–Crippen MR) is 92.0 cm³/mol. The van der Waals surface area contributed by atoms with E-state index in [-0.39, 0.29) is 12.5 Å². The quantitative estimate of drug-likeness (QED) is 0.821. The number of nitrogens with one attached hydrogen (secondary N) is 2. The summed E-state index contributed by atoms with van der Waals surface area (Å²) in [5.41, 5.74) is 0.854. The Morgan fingerprint density at radius 1 is 1.36 bits per heavy atom. The lowest BCUT2D eigenvalue weighted by molar-refractivity contribution is -0.134. The standard InChI is InChI=1S/C17H16N4O3S/c22-13(19-15-18-8-9-25-15)10-21-14(23)17(20-16(21)24)7-3-5-11-4-1-2-6-12(11)17/h1-2,4,6,8-9H,3,5,7,10H2,(H,20,24)(H,18,19,22)/t17-/m1/s1. The van der Waals surface area contributed by atoms with Gasteiger partial charge in [-0.25, -0.2) is 9.78 Å². The average Bonchev–Trinajstić information content (AvgIpc) is 3.19. The minimum absolute atomic E-state index is 0.325. The lowest BCUT2D eigenvalue weighted by atomic mass is 9.76. The summed E-state index contributed by atoms with van der Waals surface area (Å²) in [7, 11) is 0. The van der Waals surface area contributed by atoms with Crippen LogP contribution < -0.4 is 10.6 Å². The van der Waals surface area contributed by atoms with Crippen molar-refractivity contribution in [1.82, 2.24) is 15.2 Å². The molecular weight excluding hydrogens is 340 g/mol. The summed E-state index contributed by atoms with van der Waals surface area (Å²) < 4.78 is 0. The molecule has 0 bridgehead atoms. The summed E-state index contributed by atoms with van der Waals surface area (Å²) >= 11 is 1.28. The second-order valence-electron chi connectivity index (χ2n) is 6.12. The Balaban J connectivity index is 1.58. The molecule has 2 aromatic rings. The van der Waals surface area contributed by atoms with E-state index in [0.29, 0.717) is 11.6 Å². The Labute approximate surface area is 148 Å². The van der Waals surface area contributed by atoms with Gasteiger partial charge in [-0.3, -0.25) is 14.5 Å². The second kappa shape index (κ2) is 5.96. The van der Waals surface area contributed by atoms with E-state index in [1.165, 1.54) is 11.3 Å². The van der Waals surface area contributed by atoms with Gasteiger partial charge in [-0.1, -0.05) is 24.3 Å². The van der Waals surface area contributed by atoms with Crippen molar-refractivity contribution >= 4 is 34.3 Å². The highest BCUT2D eigenvalue weighted by Gasteiger charge is 2.54. The highest BCUT2D eigenvalue weighted by molar-refractivity contribution is 7.13. The van der Waals surface area contributed by atoms with Crippen molar-refractivity contribution in [2.24, 2.45) is 0 Å². The van der Waals surface area contributed by atoms with Crippen LogP contribution >= 0.6 is 11.3 Å². The van der Waals surface area contributed by atoms with Crippen LogP contribution in [-0.4, -0.2) is 34.3 Å². The summed E-state index contributed by atoms with van der Waals surface area (Å²) in [5.74, 6) is -0.807. The lowest BCUT2D eigenvalue weighted by Gasteiger charge is -2.33. The Hall–Kier alpha value is -2.74. The van der Waals surface area contributed by atoms with Crippen LogP contribution in [0.5, 0.6) is 0 Å². The van der Waals surface area contributed by atoms with Crippen LogP contribution in [0.25, 0.3) is 0 Å². The summed E-state index contributed by atoms with van der Waals surface area (Å²) in [4.78, 5) is 42.6. The Kier molecular flexibility index (Phi) is 3.76. The van der Waals surface area contributed by atoms with Crippen molar-refractivity contribution in [1.29, 1.82) is 0 Å². The zero-order valence-electron chi connectivity index (χ0n) is 13.3. The van der Waals surface area contributed by atoms with Gasteiger partial charge in [0.1, 0.15) is 12.1 Å². The molecule has 1 aromatic carbocycles. The number of imide groups is 1. The molecule has 0 saturated carbocycles. The molecule has 2 N–H and O–H groups in total. The summed E-state index contributed by atoms with van der Waals surface area (Å²) in [6.07, 6.45) is 3.80. The fourth-order valence-corrected chi connectivity index (χ4v) is 4.09. The van der Waals surface area contributed by atoms with Crippen LogP contribution in [0.1, 0.15) is 24.0 Å². The van der Waals surface area contributed by atoms with Gasteiger partial charge >= 0.3 is 6.03 Å². The molecule has 0 unspecified atom stereocenters. The number of nitrogens with zero attached hydrogens (tertiary/aromatic N) is 2. The Morgan fingerprint density at radius 2 is 2.20 bits per heavy atom. The van der Waals surface area contributed by atoms with Crippen molar-refractivity contribution in [3.63, 3.8) is 0 Å². The fourth-order valence-electron chi connectivity index (χ4n) is 3.54. The number of fused-ring (bicyclic) bond motifs is 2. The minimum Gasteiger partial charge on any atom is -0.319 e. The maximum Gasteiger partial charge on any atom is 0.325 e. The number of anilines is 1. The maximum atomic E-state index is 13.0. The molecule has 1 spiro atoms.